The zero-order valence-corrected chi connectivity index (χ0v) is 18.8. The second-order valence-corrected chi connectivity index (χ2v) is 9.29. The lowest BCUT2D eigenvalue weighted by atomic mass is 10.0. The fourth-order valence-electron chi connectivity index (χ4n) is 3.37. The minimum atomic E-state index is -3.82. The minimum Gasteiger partial charge on any atom is -0.334 e. The molecule has 1 aromatic heterocycles. The van der Waals surface area contributed by atoms with Crippen molar-refractivity contribution in [1.82, 2.24) is 10.3 Å². The van der Waals surface area contributed by atoms with Crippen LogP contribution in [-0.4, -0.2) is 19.4 Å². The number of hydrogen-bond acceptors (Lipinski definition) is 5. The monoisotopic (exact) mass is 468 g/mol. The van der Waals surface area contributed by atoms with Gasteiger partial charge in [-0.25, -0.2) is 13.2 Å². The molecule has 7 nitrogen and oxygen atoms in total. The van der Waals surface area contributed by atoms with Crippen molar-refractivity contribution in [3.8, 4) is 17.2 Å². The molecule has 2 amide bonds. The first-order valence-electron chi connectivity index (χ1n) is 10.4. The quantitative estimate of drug-likeness (QED) is 0.423. The van der Waals surface area contributed by atoms with Crippen LogP contribution in [0.2, 0.25) is 0 Å². The van der Waals surface area contributed by atoms with E-state index in [0.717, 1.165) is 5.56 Å². The van der Waals surface area contributed by atoms with Gasteiger partial charge in [0.05, 0.1) is 21.4 Å². The van der Waals surface area contributed by atoms with Gasteiger partial charge in [0.1, 0.15) is 0 Å². The average molecular weight is 469 g/mol. The number of carbonyl (C=O) groups excluding carboxylic acids is 1. The minimum absolute atomic E-state index is 0.108. The summed E-state index contributed by atoms with van der Waals surface area (Å²) in [7, 11) is -3.82. The Bertz CT molecular complexity index is 1440. The molecule has 0 saturated heterocycles. The highest BCUT2D eigenvalue weighted by Crippen LogP contribution is 2.32. The first kappa shape index (κ1) is 22.7. The third-order valence-electron chi connectivity index (χ3n) is 5.13. The molecule has 8 heteroatoms. The number of amides is 2. The Hall–Kier alpha value is -4.48. The van der Waals surface area contributed by atoms with Crippen molar-refractivity contribution in [2.45, 2.75) is 16.3 Å². The number of anilines is 1. The van der Waals surface area contributed by atoms with Crippen LogP contribution in [0.15, 0.2) is 107 Å². The second-order valence-electron chi connectivity index (χ2n) is 7.38. The molecule has 4 rings (SSSR count). The van der Waals surface area contributed by atoms with E-state index in [1.54, 1.807) is 85.2 Å². The van der Waals surface area contributed by atoms with E-state index in [2.05, 4.69) is 21.7 Å². The smallest absolute Gasteiger partial charge is 0.319 e. The van der Waals surface area contributed by atoms with E-state index in [1.165, 1.54) is 12.1 Å². The molecule has 0 unspecified atom stereocenters. The molecule has 3 aromatic carbocycles. The van der Waals surface area contributed by atoms with Crippen LogP contribution in [0.25, 0.3) is 11.1 Å². The summed E-state index contributed by atoms with van der Waals surface area (Å²) >= 11 is 0. The maximum Gasteiger partial charge on any atom is 0.319 e. The fourth-order valence-corrected chi connectivity index (χ4v) is 4.85. The van der Waals surface area contributed by atoms with Gasteiger partial charge in [-0.1, -0.05) is 30.3 Å². The molecule has 2 N–H and O–H groups in total. The maximum atomic E-state index is 13.4. The Labute approximate surface area is 197 Å². The number of pyridine rings is 1. The van der Waals surface area contributed by atoms with E-state index >= 15 is 0 Å². The van der Waals surface area contributed by atoms with Crippen LogP contribution < -0.4 is 10.6 Å². The number of hydrogen-bond donors (Lipinski definition) is 2. The highest BCUT2D eigenvalue weighted by atomic mass is 32.2. The fraction of sp³-hybridized carbons (Fsp3) is 0.0385. The number of nitrogens with one attached hydrogen (secondary N) is 2. The Kier molecular flexibility index (Phi) is 6.67. The van der Waals surface area contributed by atoms with Crippen LogP contribution in [-0.2, 0) is 16.4 Å². The van der Waals surface area contributed by atoms with E-state index in [1.807, 2.05) is 0 Å². The maximum absolute atomic E-state index is 13.4. The molecule has 0 saturated carbocycles. The molecule has 0 bridgehead atoms. The lowest BCUT2D eigenvalue weighted by Crippen LogP contribution is -2.28. The van der Waals surface area contributed by atoms with Gasteiger partial charge in [-0.3, -0.25) is 4.98 Å². The first-order chi connectivity index (χ1) is 16.5. The Morgan fingerprint density at radius 2 is 1.56 bits per heavy atom. The van der Waals surface area contributed by atoms with Crippen LogP contribution in [0.5, 0.6) is 0 Å². The number of carbonyl (C=O) groups is 1. The summed E-state index contributed by atoms with van der Waals surface area (Å²) in [6, 6.07) is 24.8. The zero-order chi connectivity index (χ0) is 24.0. The van der Waals surface area contributed by atoms with Crippen LogP contribution in [0.1, 0.15) is 11.1 Å². The Morgan fingerprint density at radius 1 is 0.882 bits per heavy atom. The number of sulfone groups is 1. The van der Waals surface area contributed by atoms with E-state index in [-0.39, 0.29) is 9.79 Å². The summed E-state index contributed by atoms with van der Waals surface area (Å²) in [5.41, 5.74) is 3.11. The number of urea groups is 1. The molecule has 4 aromatic rings. The molecule has 0 fully saturated rings. The number of aromatic nitrogens is 1. The predicted molar refractivity (Wildman–Crippen MR) is 129 cm³/mol. The van der Waals surface area contributed by atoms with Crippen LogP contribution >= 0.6 is 0 Å². The zero-order valence-electron chi connectivity index (χ0n) is 18.0. The van der Waals surface area contributed by atoms with E-state index < -0.39 is 15.9 Å². The highest BCUT2D eigenvalue weighted by Gasteiger charge is 2.22. The lowest BCUT2D eigenvalue weighted by Gasteiger charge is -2.12. The van der Waals surface area contributed by atoms with Crippen molar-refractivity contribution in [1.29, 1.82) is 5.26 Å². The third-order valence-corrected chi connectivity index (χ3v) is 6.95. The molecular formula is C26H20N4O3S. The molecule has 34 heavy (non-hydrogen) atoms. The Morgan fingerprint density at radius 3 is 2.24 bits per heavy atom. The summed E-state index contributed by atoms with van der Waals surface area (Å²) in [6.45, 7) is 0.340. The molecular weight excluding hydrogens is 448 g/mol. The standard InChI is InChI=1S/C26H20N4O3S/c27-17-19-5-7-21(8-6-19)24-3-1-2-4-25(24)34(32,33)23-11-9-22(10-12-23)30-26(31)29-18-20-13-15-28-16-14-20/h1-16H,18H2,(H2,29,30,31). The first-order valence-corrected chi connectivity index (χ1v) is 11.8. The number of nitriles is 1. The van der Waals surface area contributed by atoms with Gasteiger partial charge >= 0.3 is 6.03 Å². The van der Waals surface area contributed by atoms with Crippen molar-refractivity contribution < 1.29 is 13.2 Å². The van der Waals surface area contributed by atoms with Crippen molar-refractivity contribution in [2.75, 3.05) is 5.32 Å². The summed E-state index contributed by atoms with van der Waals surface area (Å²) in [5, 5.41) is 14.4. The van der Waals surface area contributed by atoms with Crippen LogP contribution in [0, 0.1) is 11.3 Å². The second kappa shape index (κ2) is 9.98. The summed E-state index contributed by atoms with van der Waals surface area (Å²) in [4.78, 5) is 16.4. The van der Waals surface area contributed by atoms with Gasteiger partial charge in [0, 0.05) is 30.2 Å². The van der Waals surface area contributed by atoms with Crippen molar-refractivity contribution in [3.05, 3.63) is 108 Å². The molecule has 0 spiro atoms. The number of rotatable bonds is 6. The topological polar surface area (TPSA) is 112 Å². The predicted octanol–water partition coefficient (Wildman–Crippen LogP) is 4.77. The van der Waals surface area contributed by atoms with Gasteiger partial charge in [-0.05, 0) is 65.7 Å². The van der Waals surface area contributed by atoms with Gasteiger partial charge in [0.2, 0.25) is 9.84 Å². The normalized spacial score (nSPS) is 10.8. The molecule has 0 aliphatic heterocycles. The number of benzene rings is 3. The highest BCUT2D eigenvalue weighted by molar-refractivity contribution is 7.91. The van der Waals surface area contributed by atoms with E-state index in [4.69, 9.17) is 5.26 Å². The molecule has 168 valence electrons. The van der Waals surface area contributed by atoms with Gasteiger partial charge in [0.25, 0.3) is 0 Å². The lowest BCUT2D eigenvalue weighted by molar-refractivity contribution is 0.251. The van der Waals surface area contributed by atoms with Gasteiger partial charge in [-0.2, -0.15) is 5.26 Å². The summed E-state index contributed by atoms with van der Waals surface area (Å²) in [6.07, 6.45) is 3.29. The molecule has 0 aliphatic carbocycles. The third kappa shape index (κ3) is 5.11. The van der Waals surface area contributed by atoms with Crippen LogP contribution in [0.4, 0.5) is 10.5 Å². The summed E-state index contributed by atoms with van der Waals surface area (Å²) in [5.74, 6) is 0. The molecule has 0 aliphatic rings. The van der Waals surface area contributed by atoms with Gasteiger partial charge in [0.15, 0.2) is 0 Å². The number of nitrogens with zero attached hydrogens (tertiary/aromatic N) is 2. The van der Waals surface area contributed by atoms with Gasteiger partial charge < -0.3 is 10.6 Å². The average Bonchev–Trinajstić information content (AvgIpc) is 2.88. The molecule has 0 radical (unpaired) electrons. The van der Waals surface area contributed by atoms with Crippen LogP contribution in [0.3, 0.4) is 0 Å². The van der Waals surface area contributed by atoms with Gasteiger partial charge in [-0.15, -0.1) is 0 Å². The molecule has 1 heterocycles. The molecule has 0 atom stereocenters. The van der Waals surface area contributed by atoms with Crippen molar-refractivity contribution in [2.24, 2.45) is 0 Å². The summed E-state index contributed by atoms with van der Waals surface area (Å²) < 4.78 is 26.8. The Balaban J connectivity index is 1.51. The van der Waals surface area contributed by atoms with Crippen molar-refractivity contribution in [3.63, 3.8) is 0 Å². The van der Waals surface area contributed by atoms with E-state index in [9.17, 15) is 13.2 Å². The van der Waals surface area contributed by atoms with Crippen molar-refractivity contribution >= 4 is 21.6 Å². The van der Waals surface area contributed by atoms with E-state index in [0.29, 0.717) is 28.9 Å². The SMILES string of the molecule is N#Cc1ccc(-c2ccccc2S(=O)(=O)c2ccc(NC(=O)NCc3ccncc3)cc2)cc1. The largest absolute Gasteiger partial charge is 0.334 e.